The van der Waals surface area contributed by atoms with Crippen LogP contribution in [0.1, 0.15) is 59.3 Å². The Morgan fingerprint density at radius 1 is 1.07 bits per heavy atom. The van der Waals surface area contributed by atoms with Gasteiger partial charge in [-0.3, -0.25) is 14.4 Å². The van der Waals surface area contributed by atoms with Crippen LogP contribution < -0.4 is 10.6 Å². The number of anilines is 1. The van der Waals surface area contributed by atoms with E-state index < -0.39 is 29.6 Å². The van der Waals surface area contributed by atoms with E-state index in [0.29, 0.717) is 24.1 Å². The highest BCUT2D eigenvalue weighted by Crippen LogP contribution is 2.55. The average Bonchev–Trinajstić information content (AvgIpc) is 3.64. The van der Waals surface area contributed by atoms with Gasteiger partial charge in [0.05, 0.1) is 17.9 Å². The van der Waals surface area contributed by atoms with Crippen LogP contribution in [-0.4, -0.2) is 83.7 Å². The molecule has 43 heavy (non-hydrogen) atoms. The SMILES string of the molecule is CSc1cccc(NC(=O)[C@H]2[C@H]3C=C[C@@]4(O3)[C@H]2C(=O)N(CCCN2CCC(C)CC2)[C@@H]4C(=O)N[C@@H]2CCC[C@H](C)[C@H]2C)c1. The van der Waals surface area contributed by atoms with Gasteiger partial charge >= 0.3 is 0 Å². The van der Waals surface area contributed by atoms with Gasteiger partial charge in [-0.2, -0.15) is 0 Å². The molecule has 5 aliphatic rings. The van der Waals surface area contributed by atoms with E-state index in [1.807, 2.05) is 42.7 Å². The van der Waals surface area contributed by atoms with Crippen molar-refractivity contribution >= 4 is 35.2 Å². The van der Waals surface area contributed by atoms with Crippen LogP contribution in [0.15, 0.2) is 41.3 Å². The molecule has 8 nitrogen and oxygen atoms in total. The fourth-order valence-corrected chi connectivity index (χ4v) is 8.69. The molecule has 2 bridgehead atoms. The molecule has 8 atom stereocenters. The van der Waals surface area contributed by atoms with E-state index in [0.717, 1.165) is 49.7 Å². The number of fused-ring (bicyclic) bond motifs is 1. The summed E-state index contributed by atoms with van der Waals surface area (Å²) in [5.74, 6) is -0.257. The molecular weight excluding hydrogens is 560 g/mol. The summed E-state index contributed by atoms with van der Waals surface area (Å²) in [5.41, 5.74) is -0.426. The lowest BCUT2D eigenvalue weighted by molar-refractivity contribution is -0.141. The van der Waals surface area contributed by atoms with Crippen molar-refractivity contribution in [3.05, 3.63) is 36.4 Å². The zero-order valence-electron chi connectivity index (χ0n) is 26.1. The molecular formula is C34H48N4O4S. The summed E-state index contributed by atoms with van der Waals surface area (Å²) in [7, 11) is 0. The minimum atomic E-state index is -1.13. The fraction of sp³-hybridized carbons (Fsp3) is 0.676. The van der Waals surface area contributed by atoms with E-state index in [2.05, 4.69) is 36.3 Å². The van der Waals surface area contributed by atoms with Crippen molar-refractivity contribution in [2.24, 2.45) is 29.6 Å². The molecule has 4 fully saturated rings. The number of thioether (sulfide) groups is 1. The molecule has 0 aromatic heterocycles. The van der Waals surface area contributed by atoms with Gasteiger partial charge in [0, 0.05) is 23.2 Å². The van der Waals surface area contributed by atoms with E-state index in [4.69, 9.17) is 4.74 Å². The molecule has 1 aromatic rings. The highest BCUT2D eigenvalue weighted by atomic mass is 32.2. The smallest absolute Gasteiger partial charge is 0.246 e. The van der Waals surface area contributed by atoms with Crippen LogP contribution in [0, 0.1) is 29.6 Å². The molecule has 2 N–H and O–H groups in total. The monoisotopic (exact) mass is 608 g/mol. The number of hydrogen-bond acceptors (Lipinski definition) is 6. The van der Waals surface area contributed by atoms with E-state index in [9.17, 15) is 14.4 Å². The Balaban J connectivity index is 1.24. The maximum absolute atomic E-state index is 14.3. The Kier molecular flexibility index (Phi) is 8.96. The quantitative estimate of drug-likeness (QED) is 0.316. The number of carbonyl (C=O) groups is 3. The summed E-state index contributed by atoms with van der Waals surface area (Å²) in [6.07, 6.45) is 11.7. The summed E-state index contributed by atoms with van der Waals surface area (Å²) >= 11 is 1.61. The molecule has 1 aromatic carbocycles. The van der Waals surface area contributed by atoms with E-state index >= 15 is 0 Å². The van der Waals surface area contributed by atoms with Crippen LogP contribution in [-0.2, 0) is 19.1 Å². The molecule has 0 unspecified atom stereocenters. The molecule has 234 valence electrons. The number of hydrogen-bond donors (Lipinski definition) is 2. The first kappa shape index (κ1) is 30.7. The molecule has 3 saturated heterocycles. The maximum atomic E-state index is 14.3. The molecule has 9 heteroatoms. The molecule has 0 radical (unpaired) electrons. The minimum absolute atomic E-state index is 0.0735. The Bertz CT molecular complexity index is 1250. The lowest BCUT2D eigenvalue weighted by Crippen LogP contribution is -2.58. The fourth-order valence-electron chi connectivity index (χ4n) is 8.23. The number of ether oxygens (including phenoxy) is 1. The Morgan fingerprint density at radius 3 is 2.63 bits per heavy atom. The third-order valence-corrected chi connectivity index (χ3v) is 11.8. The van der Waals surface area contributed by atoms with Crippen molar-refractivity contribution in [2.75, 3.05) is 37.8 Å². The largest absolute Gasteiger partial charge is 0.359 e. The van der Waals surface area contributed by atoms with Gasteiger partial charge < -0.3 is 25.2 Å². The summed E-state index contributed by atoms with van der Waals surface area (Å²) in [6.45, 7) is 10.3. The van der Waals surface area contributed by atoms with Crippen molar-refractivity contribution in [3.63, 3.8) is 0 Å². The van der Waals surface area contributed by atoms with Crippen LogP contribution >= 0.6 is 11.8 Å². The molecule has 4 aliphatic heterocycles. The minimum Gasteiger partial charge on any atom is -0.359 e. The molecule has 1 aliphatic carbocycles. The van der Waals surface area contributed by atoms with Crippen LogP contribution in [0.5, 0.6) is 0 Å². The van der Waals surface area contributed by atoms with Gasteiger partial charge in [-0.15, -0.1) is 11.8 Å². The number of rotatable bonds is 9. The number of benzene rings is 1. The highest BCUT2D eigenvalue weighted by Gasteiger charge is 2.72. The molecule has 1 spiro atoms. The third-order valence-electron chi connectivity index (χ3n) is 11.0. The number of nitrogens with zero attached hydrogens (tertiary/aromatic N) is 2. The number of nitrogens with one attached hydrogen (secondary N) is 2. The van der Waals surface area contributed by atoms with E-state index in [1.54, 1.807) is 16.7 Å². The molecule has 4 heterocycles. The second kappa shape index (κ2) is 12.6. The Hall–Kier alpha value is -2.36. The normalized spacial score (nSPS) is 35.8. The molecule has 1 saturated carbocycles. The van der Waals surface area contributed by atoms with Crippen LogP contribution in [0.2, 0.25) is 0 Å². The van der Waals surface area contributed by atoms with Gasteiger partial charge in [-0.25, -0.2) is 0 Å². The summed E-state index contributed by atoms with van der Waals surface area (Å²) in [5, 5.41) is 6.42. The molecule has 6 rings (SSSR count). The number of carbonyl (C=O) groups excluding carboxylic acids is 3. The Labute approximate surface area is 260 Å². The number of amides is 3. The Morgan fingerprint density at radius 2 is 1.86 bits per heavy atom. The van der Waals surface area contributed by atoms with Crippen LogP contribution in [0.25, 0.3) is 0 Å². The highest BCUT2D eigenvalue weighted by molar-refractivity contribution is 7.98. The number of piperidine rings is 1. The molecule has 3 amide bonds. The standard InChI is InChI=1S/C34H48N4O4S/c1-21-13-18-37(19-14-21)16-7-17-38-30(32(40)36-26-11-5-8-22(2)23(26)3)34-15-12-27(42-34)28(29(34)33(38)41)31(39)35-24-9-6-10-25(20-24)43-4/h6,9-10,12,15,20-23,26-30H,5,7-8,11,13-14,16-19H2,1-4H3,(H,35,39)(H,36,40)/t22-,23+,26+,27+,28-,29+,30+,34+/m0/s1. The topological polar surface area (TPSA) is 91.0 Å². The summed E-state index contributed by atoms with van der Waals surface area (Å²) in [4.78, 5) is 47.7. The van der Waals surface area contributed by atoms with E-state index in [1.165, 1.54) is 19.3 Å². The first-order valence-electron chi connectivity index (χ1n) is 16.4. The van der Waals surface area contributed by atoms with E-state index in [-0.39, 0.29) is 23.8 Å². The first-order chi connectivity index (χ1) is 20.7. The first-order valence-corrected chi connectivity index (χ1v) is 17.6. The van der Waals surface area contributed by atoms with Gasteiger partial charge in [-0.1, -0.05) is 51.8 Å². The number of likely N-dealkylation sites (tertiary alicyclic amines) is 2. The summed E-state index contributed by atoms with van der Waals surface area (Å²) in [6, 6.07) is 7.01. The van der Waals surface area contributed by atoms with Crippen LogP contribution in [0.3, 0.4) is 0 Å². The lowest BCUT2D eigenvalue weighted by Gasteiger charge is -2.38. The van der Waals surface area contributed by atoms with Crippen molar-refractivity contribution in [2.45, 2.75) is 88.0 Å². The zero-order valence-corrected chi connectivity index (χ0v) is 26.9. The average molecular weight is 609 g/mol. The van der Waals surface area contributed by atoms with Gasteiger partial charge in [-0.05, 0) is 87.5 Å². The van der Waals surface area contributed by atoms with Gasteiger partial charge in [0.25, 0.3) is 0 Å². The van der Waals surface area contributed by atoms with Crippen molar-refractivity contribution in [1.82, 2.24) is 15.1 Å². The second-order valence-electron chi connectivity index (χ2n) is 13.7. The zero-order chi connectivity index (χ0) is 30.3. The summed E-state index contributed by atoms with van der Waals surface area (Å²) < 4.78 is 6.57. The van der Waals surface area contributed by atoms with Gasteiger partial charge in [0.1, 0.15) is 11.6 Å². The van der Waals surface area contributed by atoms with Gasteiger partial charge in [0.2, 0.25) is 17.7 Å². The third kappa shape index (κ3) is 5.77. The maximum Gasteiger partial charge on any atom is 0.246 e. The predicted molar refractivity (Wildman–Crippen MR) is 170 cm³/mol. The van der Waals surface area contributed by atoms with Crippen LogP contribution in [0.4, 0.5) is 5.69 Å². The van der Waals surface area contributed by atoms with Crippen molar-refractivity contribution in [1.29, 1.82) is 0 Å². The van der Waals surface area contributed by atoms with Crippen molar-refractivity contribution in [3.8, 4) is 0 Å². The van der Waals surface area contributed by atoms with Crippen molar-refractivity contribution < 1.29 is 19.1 Å². The predicted octanol–water partition coefficient (Wildman–Crippen LogP) is 4.56. The van der Waals surface area contributed by atoms with Gasteiger partial charge in [0.15, 0.2) is 0 Å². The lowest BCUT2D eigenvalue weighted by atomic mass is 9.73. The second-order valence-corrected chi connectivity index (χ2v) is 14.6.